The Morgan fingerprint density at radius 1 is 1.35 bits per heavy atom. The van der Waals surface area contributed by atoms with Crippen molar-refractivity contribution in [1.29, 1.82) is 0 Å². The van der Waals surface area contributed by atoms with Crippen LogP contribution in [0.25, 0.3) is 0 Å². The van der Waals surface area contributed by atoms with Crippen molar-refractivity contribution in [2.45, 2.75) is 12.6 Å². The second-order valence-electron chi connectivity index (χ2n) is 3.93. The van der Waals surface area contributed by atoms with Crippen LogP contribution in [-0.2, 0) is 16.4 Å². The summed E-state index contributed by atoms with van der Waals surface area (Å²) in [6.07, 6.45) is 1.58. The zero-order chi connectivity index (χ0) is 12.5. The van der Waals surface area contributed by atoms with Crippen molar-refractivity contribution in [3.05, 3.63) is 35.2 Å². The number of benzene rings is 1. The molecule has 1 atom stereocenters. The van der Waals surface area contributed by atoms with Gasteiger partial charge in [0.2, 0.25) is 0 Å². The molecule has 0 fully saturated rings. The van der Waals surface area contributed by atoms with Crippen LogP contribution < -0.4 is 5.32 Å². The van der Waals surface area contributed by atoms with Gasteiger partial charge in [-0.25, -0.2) is 8.42 Å². The summed E-state index contributed by atoms with van der Waals surface area (Å²) < 4.78 is 22.3. The lowest BCUT2D eigenvalue weighted by Gasteiger charge is -2.11. The van der Waals surface area contributed by atoms with Gasteiger partial charge in [-0.15, -0.1) is 0 Å². The lowest BCUT2D eigenvalue weighted by Crippen LogP contribution is -2.29. The van der Waals surface area contributed by atoms with Gasteiger partial charge in [-0.1, -0.05) is 18.2 Å². The molecule has 1 heterocycles. The molecule has 0 radical (unpaired) electrons. The molecule has 0 bridgehead atoms. The van der Waals surface area contributed by atoms with E-state index in [1.165, 1.54) is 11.5 Å². The number of phenolic OH excluding ortho intramolecular Hbond substituents is 2. The van der Waals surface area contributed by atoms with E-state index >= 15 is 0 Å². The molecular weight excluding hydrogens is 242 g/mol. The number of para-hydroxylation sites is 1. The molecule has 0 saturated carbocycles. The van der Waals surface area contributed by atoms with Gasteiger partial charge in [0.05, 0.1) is 5.75 Å². The monoisotopic (exact) mass is 255 g/mol. The van der Waals surface area contributed by atoms with E-state index in [1.54, 1.807) is 18.2 Å². The number of phenols is 2. The molecule has 3 N–H and O–H groups in total. The van der Waals surface area contributed by atoms with E-state index in [4.69, 9.17) is 0 Å². The average Bonchev–Trinajstić information content (AvgIpc) is 2.61. The van der Waals surface area contributed by atoms with Crippen molar-refractivity contribution in [1.82, 2.24) is 5.32 Å². The van der Waals surface area contributed by atoms with E-state index in [0.29, 0.717) is 12.1 Å². The van der Waals surface area contributed by atoms with Crippen LogP contribution in [0.5, 0.6) is 11.5 Å². The molecule has 2 rings (SSSR count). The molecule has 1 aromatic carbocycles. The van der Waals surface area contributed by atoms with Gasteiger partial charge < -0.3 is 15.5 Å². The highest BCUT2D eigenvalue weighted by Crippen LogP contribution is 2.28. The Bertz CT molecular complexity index is 551. The second-order valence-corrected chi connectivity index (χ2v) is 5.86. The fourth-order valence-corrected chi connectivity index (χ4v) is 2.93. The molecular formula is C11H13NO4S. The minimum absolute atomic E-state index is 0.0343. The van der Waals surface area contributed by atoms with Crippen LogP contribution in [0.2, 0.25) is 0 Å². The van der Waals surface area contributed by atoms with Crippen LogP contribution in [0.4, 0.5) is 0 Å². The SMILES string of the molecule is O=S1(=O)C=CC(NCc2cccc(O)c2O)C1. The lowest BCUT2D eigenvalue weighted by molar-refractivity contribution is 0.397. The molecule has 0 amide bonds. The van der Waals surface area contributed by atoms with Gasteiger partial charge in [0.15, 0.2) is 21.3 Å². The molecule has 5 nitrogen and oxygen atoms in total. The van der Waals surface area contributed by atoms with Crippen molar-refractivity contribution in [3.63, 3.8) is 0 Å². The van der Waals surface area contributed by atoms with Crippen molar-refractivity contribution in [2.75, 3.05) is 5.75 Å². The number of aromatic hydroxyl groups is 2. The van der Waals surface area contributed by atoms with Gasteiger partial charge in [0, 0.05) is 23.6 Å². The maximum Gasteiger partial charge on any atom is 0.173 e. The summed E-state index contributed by atoms with van der Waals surface area (Å²) in [5.74, 6) is -0.323. The highest BCUT2D eigenvalue weighted by Gasteiger charge is 2.21. The number of hydrogen-bond donors (Lipinski definition) is 3. The molecule has 1 unspecified atom stereocenters. The van der Waals surface area contributed by atoms with E-state index in [0.717, 1.165) is 0 Å². The van der Waals surface area contributed by atoms with Crippen LogP contribution in [0.15, 0.2) is 29.7 Å². The Labute approximate surface area is 99.3 Å². The summed E-state index contributed by atoms with van der Waals surface area (Å²) in [5, 5.41) is 23.0. The van der Waals surface area contributed by atoms with Crippen LogP contribution >= 0.6 is 0 Å². The van der Waals surface area contributed by atoms with Crippen molar-refractivity contribution in [2.24, 2.45) is 0 Å². The fourth-order valence-electron chi connectivity index (χ4n) is 1.66. The van der Waals surface area contributed by atoms with E-state index in [2.05, 4.69) is 5.32 Å². The number of rotatable bonds is 3. The number of nitrogens with one attached hydrogen (secondary N) is 1. The van der Waals surface area contributed by atoms with Gasteiger partial charge in [-0.3, -0.25) is 0 Å². The van der Waals surface area contributed by atoms with Crippen LogP contribution in [0.1, 0.15) is 5.56 Å². The molecule has 92 valence electrons. The Balaban J connectivity index is 2.00. The maximum atomic E-state index is 11.2. The summed E-state index contributed by atoms with van der Waals surface area (Å²) in [4.78, 5) is 0. The summed E-state index contributed by atoms with van der Waals surface area (Å²) in [5.41, 5.74) is 0.530. The van der Waals surface area contributed by atoms with Crippen LogP contribution in [0, 0.1) is 0 Å². The highest BCUT2D eigenvalue weighted by atomic mass is 32.2. The highest BCUT2D eigenvalue weighted by molar-refractivity contribution is 7.94. The predicted molar refractivity (Wildman–Crippen MR) is 63.3 cm³/mol. The van der Waals surface area contributed by atoms with Gasteiger partial charge in [-0.2, -0.15) is 0 Å². The average molecular weight is 255 g/mol. The minimum Gasteiger partial charge on any atom is -0.504 e. The normalized spacial score (nSPS) is 21.8. The van der Waals surface area contributed by atoms with Gasteiger partial charge in [-0.05, 0) is 6.07 Å². The topological polar surface area (TPSA) is 86.6 Å². The molecule has 0 aliphatic carbocycles. The smallest absolute Gasteiger partial charge is 0.173 e. The molecule has 1 aliphatic heterocycles. The van der Waals surface area contributed by atoms with Gasteiger partial charge in [0.1, 0.15) is 0 Å². The quantitative estimate of drug-likeness (QED) is 0.685. The third kappa shape index (κ3) is 2.78. The minimum atomic E-state index is -3.07. The summed E-state index contributed by atoms with van der Waals surface area (Å²) in [7, 11) is -3.07. The Morgan fingerprint density at radius 3 is 2.76 bits per heavy atom. The number of sulfone groups is 1. The van der Waals surface area contributed by atoms with E-state index in [9.17, 15) is 18.6 Å². The third-order valence-electron chi connectivity index (χ3n) is 2.58. The summed E-state index contributed by atoms with van der Waals surface area (Å²) >= 11 is 0. The Kier molecular flexibility index (Phi) is 3.08. The summed E-state index contributed by atoms with van der Waals surface area (Å²) in [6.45, 7) is 0.296. The fraction of sp³-hybridized carbons (Fsp3) is 0.273. The zero-order valence-corrected chi connectivity index (χ0v) is 9.81. The molecule has 1 aromatic rings. The van der Waals surface area contributed by atoms with Gasteiger partial charge in [0.25, 0.3) is 0 Å². The summed E-state index contributed by atoms with van der Waals surface area (Å²) in [6, 6.07) is 4.42. The number of hydrogen-bond acceptors (Lipinski definition) is 5. The molecule has 1 aliphatic rings. The van der Waals surface area contributed by atoms with Crippen molar-refractivity contribution in [3.8, 4) is 11.5 Å². The largest absolute Gasteiger partial charge is 0.504 e. The molecule has 6 heteroatoms. The second kappa shape index (κ2) is 4.38. The molecule has 17 heavy (non-hydrogen) atoms. The van der Waals surface area contributed by atoms with E-state index in [1.807, 2.05) is 0 Å². The molecule has 0 spiro atoms. The Hall–Kier alpha value is -1.53. The first kappa shape index (κ1) is 11.9. The van der Waals surface area contributed by atoms with E-state index in [-0.39, 0.29) is 23.3 Å². The maximum absolute atomic E-state index is 11.2. The first-order chi connectivity index (χ1) is 7.98. The third-order valence-corrected chi connectivity index (χ3v) is 3.98. The van der Waals surface area contributed by atoms with Crippen LogP contribution in [0.3, 0.4) is 0 Å². The first-order valence-electron chi connectivity index (χ1n) is 5.12. The predicted octanol–water partition coefficient (Wildman–Crippen LogP) is 0.498. The Morgan fingerprint density at radius 2 is 2.12 bits per heavy atom. The lowest BCUT2D eigenvalue weighted by atomic mass is 10.1. The molecule has 0 aromatic heterocycles. The first-order valence-corrected chi connectivity index (χ1v) is 6.84. The van der Waals surface area contributed by atoms with Crippen molar-refractivity contribution < 1.29 is 18.6 Å². The molecule has 0 saturated heterocycles. The zero-order valence-electron chi connectivity index (χ0n) is 9.00. The standard InChI is InChI=1S/C11H13NO4S/c13-10-3-1-2-8(11(10)14)6-12-9-4-5-17(15,16)7-9/h1-5,9,12-14H,6-7H2. The van der Waals surface area contributed by atoms with E-state index < -0.39 is 9.84 Å². The van der Waals surface area contributed by atoms with Crippen molar-refractivity contribution >= 4 is 9.84 Å². The van der Waals surface area contributed by atoms with Crippen LogP contribution in [-0.4, -0.2) is 30.4 Å². The van der Waals surface area contributed by atoms with Gasteiger partial charge >= 0.3 is 0 Å².